The Kier molecular flexibility index (Phi) is 4.14. The summed E-state index contributed by atoms with van der Waals surface area (Å²) in [5.41, 5.74) is 0.514. The monoisotopic (exact) mass is 314 g/mol. The van der Waals surface area contributed by atoms with Gasteiger partial charge in [0.15, 0.2) is 0 Å². The minimum absolute atomic E-state index is 0.108. The van der Waals surface area contributed by atoms with E-state index in [2.05, 4.69) is 15.3 Å². The number of hydrogen-bond donors (Lipinski definition) is 1. The minimum atomic E-state index is -0.384. The van der Waals surface area contributed by atoms with Gasteiger partial charge >= 0.3 is 0 Å². The number of rotatable bonds is 2. The van der Waals surface area contributed by atoms with E-state index in [1.165, 1.54) is 6.21 Å². The van der Waals surface area contributed by atoms with Crippen molar-refractivity contribution in [3.05, 3.63) is 54.6 Å². The molecule has 1 aromatic heterocycles. The number of benzene rings is 1. The van der Waals surface area contributed by atoms with Crippen LogP contribution in [0.3, 0.4) is 0 Å². The second kappa shape index (κ2) is 5.64. The Balaban J connectivity index is 2.47. The molecule has 0 aliphatic carbocycles. The van der Waals surface area contributed by atoms with Gasteiger partial charge < -0.3 is 0 Å². The van der Waals surface area contributed by atoms with Crippen molar-refractivity contribution in [1.29, 1.82) is 0 Å². The smallest absolute Gasteiger partial charge is 0.265 e. The van der Waals surface area contributed by atoms with Crippen LogP contribution in [-0.2, 0) is 0 Å². The number of aromatic nitrogens is 3. The van der Waals surface area contributed by atoms with Gasteiger partial charge in [0.05, 0.1) is 11.2 Å². The van der Waals surface area contributed by atoms with Crippen molar-refractivity contribution < 1.29 is 0 Å². The predicted octanol–water partition coefficient (Wildman–Crippen LogP) is 2.80. The first-order chi connectivity index (χ1) is 8.99. The second-order valence-corrected chi connectivity index (χ2v) is 4.87. The van der Waals surface area contributed by atoms with Gasteiger partial charge in [0.1, 0.15) is 5.69 Å². The fourth-order valence-electron chi connectivity index (χ4n) is 1.30. The van der Waals surface area contributed by atoms with Gasteiger partial charge in [0.25, 0.3) is 5.56 Å². The fourth-order valence-corrected chi connectivity index (χ4v) is 1.94. The van der Waals surface area contributed by atoms with Gasteiger partial charge in [-0.15, -0.1) is 0 Å². The van der Waals surface area contributed by atoms with Crippen molar-refractivity contribution in [2.45, 2.75) is 6.92 Å². The summed E-state index contributed by atoms with van der Waals surface area (Å²) in [7, 11) is 0. The lowest BCUT2D eigenvalue weighted by Crippen LogP contribution is -2.22. The molecule has 0 aliphatic rings. The molecule has 2 rings (SSSR count). The third-order valence-corrected chi connectivity index (χ3v) is 3.11. The molecule has 0 fully saturated rings. The van der Waals surface area contributed by atoms with Crippen LogP contribution in [0.2, 0.25) is 10.0 Å². The maximum absolute atomic E-state index is 11.8. The molecule has 0 saturated heterocycles. The Morgan fingerprint density at radius 1 is 1.47 bits per heavy atom. The molecule has 2 aromatic rings. The normalized spacial score (nSPS) is 11.1. The second-order valence-electron chi connectivity index (χ2n) is 3.64. The van der Waals surface area contributed by atoms with Crippen LogP contribution in [-0.4, -0.2) is 21.1 Å². The van der Waals surface area contributed by atoms with E-state index in [1.54, 1.807) is 25.1 Å². The molecule has 0 aliphatic heterocycles. The van der Waals surface area contributed by atoms with Crippen molar-refractivity contribution in [1.82, 2.24) is 14.9 Å². The van der Waals surface area contributed by atoms with Crippen LogP contribution in [0.4, 0.5) is 0 Å². The zero-order valence-electron chi connectivity index (χ0n) is 9.72. The van der Waals surface area contributed by atoms with Crippen molar-refractivity contribution in [3.63, 3.8) is 0 Å². The maximum Gasteiger partial charge on any atom is 0.296 e. The summed E-state index contributed by atoms with van der Waals surface area (Å²) < 4.78 is 1.15. The van der Waals surface area contributed by atoms with E-state index in [-0.39, 0.29) is 16.0 Å². The molecule has 0 amide bonds. The Labute approximate surface area is 123 Å². The largest absolute Gasteiger partial charge is 0.296 e. The van der Waals surface area contributed by atoms with Crippen LogP contribution in [0.25, 0.3) is 0 Å². The molecule has 19 heavy (non-hydrogen) atoms. The SMILES string of the molecule is Cc1n[nH]c(=S)n(N=Cc2ccc(Cl)cc2Cl)c1=O. The number of nitrogens with one attached hydrogen (secondary N) is 1. The summed E-state index contributed by atoms with van der Waals surface area (Å²) in [5.74, 6) is 0. The average Bonchev–Trinajstić information content (AvgIpc) is 2.36. The first kappa shape index (κ1) is 13.9. The Bertz CT molecular complexity index is 766. The van der Waals surface area contributed by atoms with Crippen LogP contribution in [0.15, 0.2) is 28.1 Å². The van der Waals surface area contributed by atoms with Gasteiger partial charge in [-0.3, -0.25) is 9.89 Å². The van der Waals surface area contributed by atoms with Gasteiger partial charge in [-0.25, -0.2) is 0 Å². The lowest BCUT2D eigenvalue weighted by Gasteiger charge is -2.00. The topological polar surface area (TPSA) is 63.0 Å². The summed E-state index contributed by atoms with van der Waals surface area (Å²) in [4.78, 5) is 11.8. The van der Waals surface area contributed by atoms with E-state index < -0.39 is 0 Å². The molecule has 0 radical (unpaired) electrons. The average molecular weight is 315 g/mol. The summed E-state index contributed by atoms with van der Waals surface area (Å²) in [6.07, 6.45) is 1.43. The third-order valence-electron chi connectivity index (χ3n) is 2.29. The van der Waals surface area contributed by atoms with E-state index in [4.69, 9.17) is 35.4 Å². The van der Waals surface area contributed by atoms with Crippen LogP contribution in [0.5, 0.6) is 0 Å². The molecule has 0 unspecified atom stereocenters. The maximum atomic E-state index is 11.8. The molecule has 0 atom stereocenters. The van der Waals surface area contributed by atoms with Crippen LogP contribution in [0, 0.1) is 11.7 Å². The molecular weight excluding hydrogens is 307 g/mol. The van der Waals surface area contributed by atoms with Crippen molar-refractivity contribution in [3.8, 4) is 0 Å². The van der Waals surface area contributed by atoms with Gasteiger partial charge in [0, 0.05) is 10.6 Å². The summed E-state index contributed by atoms with van der Waals surface area (Å²) in [6, 6.07) is 4.96. The molecule has 1 aromatic carbocycles. The van der Waals surface area contributed by atoms with Gasteiger partial charge in [0.2, 0.25) is 4.77 Å². The molecule has 1 heterocycles. The molecule has 0 spiro atoms. The van der Waals surface area contributed by atoms with Crippen LogP contribution in [0.1, 0.15) is 11.3 Å². The lowest BCUT2D eigenvalue weighted by atomic mass is 10.2. The van der Waals surface area contributed by atoms with Gasteiger partial charge in [-0.05, 0) is 31.3 Å². The molecule has 0 saturated carbocycles. The van der Waals surface area contributed by atoms with E-state index in [1.807, 2.05) is 0 Å². The number of H-pyrrole nitrogens is 1. The standard InChI is InChI=1S/C11H8Cl2N4OS/c1-6-10(18)17(11(19)16-15-6)14-5-7-2-3-8(12)4-9(7)13/h2-5H,1H3,(H,16,19). The molecule has 1 N–H and O–H groups in total. The zero-order valence-corrected chi connectivity index (χ0v) is 12.1. The van der Waals surface area contributed by atoms with Crippen molar-refractivity contribution >= 4 is 41.6 Å². The van der Waals surface area contributed by atoms with Crippen LogP contribution < -0.4 is 5.56 Å². The number of halogens is 2. The summed E-state index contributed by atoms with van der Waals surface area (Å²) >= 11 is 16.7. The zero-order chi connectivity index (χ0) is 14.0. The van der Waals surface area contributed by atoms with Gasteiger partial charge in [-0.2, -0.15) is 14.9 Å². The molecule has 8 heteroatoms. The fraction of sp³-hybridized carbons (Fsp3) is 0.0909. The summed E-state index contributed by atoms with van der Waals surface area (Å²) in [6.45, 7) is 1.56. The lowest BCUT2D eigenvalue weighted by molar-refractivity contribution is 0.720. The summed E-state index contributed by atoms with van der Waals surface area (Å²) in [5, 5.41) is 11.2. The van der Waals surface area contributed by atoms with Gasteiger partial charge in [-0.1, -0.05) is 29.3 Å². The number of hydrogen-bond acceptors (Lipinski definition) is 4. The molecular formula is C11H8Cl2N4OS. The Hall–Kier alpha value is -1.50. The third kappa shape index (κ3) is 3.09. The number of aromatic amines is 1. The van der Waals surface area contributed by atoms with Crippen molar-refractivity contribution in [2.24, 2.45) is 5.10 Å². The van der Waals surface area contributed by atoms with E-state index in [0.717, 1.165) is 4.68 Å². The number of nitrogens with zero attached hydrogens (tertiary/aromatic N) is 3. The molecule has 5 nitrogen and oxygen atoms in total. The van der Waals surface area contributed by atoms with Crippen molar-refractivity contribution in [2.75, 3.05) is 0 Å². The van der Waals surface area contributed by atoms with Crippen LogP contribution >= 0.6 is 35.4 Å². The quantitative estimate of drug-likeness (QED) is 0.685. The van der Waals surface area contributed by atoms with E-state index >= 15 is 0 Å². The van der Waals surface area contributed by atoms with E-state index in [0.29, 0.717) is 15.6 Å². The highest BCUT2D eigenvalue weighted by atomic mass is 35.5. The Morgan fingerprint density at radius 3 is 2.89 bits per heavy atom. The first-order valence-electron chi connectivity index (χ1n) is 5.17. The highest BCUT2D eigenvalue weighted by Crippen LogP contribution is 2.19. The molecule has 98 valence electrons. The molecule has 0 bridgehead atoms. The Morgan fingerprint density at radius 2 is 2.21 bits per heavy atom. The predicted molar refractivity (Wildman–Crippen MR) is 77.9 cm³/mol. The highest BCUT2D eigenvalue weighted by molar-refractivity contribution is 7.71. The first-order valence-corrected chi connectivity index (χ1v) is 6.33. The van der Waals surface area contributed by atoms with E-state index in [9.17, 15) is 4.79 Å². The highest BCUT2D eigenvalue weighted by Gasteiger charge is 2.02. The minimum Gasteiger partial charge on any atom is -0.265 e. The number of aryl methyl sites for hydroxylation is 1.